The van der Waals surface area contributed by atoms with E-state index in [0.717, 1.165) is 27.6 Å². The summed E-state index contributed by atoms with van der Waals surface area (Å²) >= 11 is 3.41. The van der Waals surface area contributed by atoms with Gasteiger partial charge in [0.15, 0.2) is 0 Å². The van der Waals surface area contributed by atoms with E-state index in [0.29, 0.717) is 0 Å². The lowest BCUT2D eigenvalue weighted by Gasteiger charge is -2.05. The summed E-state index contributed by atoms with van der Waals surface area (Å²) in [5.74, 6) is 2.56. The highest BCUT2D eigenvalue weighted by atomic mass is 32.2. The number of rotatable bonds is 4. The van der Waals surface area contributed by atoms with Crippen LogP contribution in [0.3, 0.4) is 0 Å². The van der Waals surface area contributed by atoms with E-state index in [-0.39, 0.29) is 0 Å². The molecule has 19 heavy (non-hydrogen) atoms. The zero-order valence-electron chi connectivity index (χ0n) is 10.5. The minimum Gasteiger partial charge on any atom is -0.372 e. The topological polar surface area (TPSA) is 37.8 Å². The van der Waals surface area contributed by atoms with Crippen LogP contribution in [0, 0.1) is 0 Å². The Bertz CT molecular complexity index is 679. The summed E-state index contributed by atoms with van der Waals surface area (Å²) in [5, 5.41) is 6.29. The number of anilines is 1. The molecule has 0 spiro atoms. The molecule has 3 rings (SSSR count). The smallest absolute Gasteiger partial charge is 0.142 e. The Labute approximate surface area is 120 Å². The first kappa shape index (κ1) is 12.4. The summed E-state index contributed by atoms with van der Waals surface area (Å²) in [4.78, 5) is 11.5. The highest BCUT2D eigenvalue weighted by Crippen LogP contribution is 2.27. The standard InChI is InChI=1S/C14H13N3S2/c1-15-13-11-7-8-18-14(11)17-12(16-13)9-19-10-5-3-2-4-6-10/h2-8H,9H2,1H3,(H,15,16,17). The van der Waals surface area contributed by atoms with Crippen LogP contribution in [0.25, 0.3) is 10.2 Å². The van der Waals surface area contributed by atoms with Crippen LogP contribution in [0.5, 0.6) is 0 Å². The third-order valence-corrected chi connectivity index (χ3v) is 4.53. The molecule has 1 N–H and O–H groups in total. The Kier molecular flexibility index (Phi) is 3.66. The fourth-order valence-corrected chi connectivity index (χ4v) is 3.38. The lowest BCUT2D eigenvalue weighted by Crippen LogP contribution is -1.99. The third-order valence-electron chi connectivity index (χ3n) is 2.72. The van der Waals surface area contributed by atoms with E-state index >= 15 is 0 Å². The largest absolute Gasteiger partial charge is 0.372 e. The number of benzene rings is 1. The van der Waals surface area contributed by atoms with Gasteiger partial charge in [0.05, 0.1) is 11.1 Å². The molecule has 0 aliphatic carbocycles. The molecular weight excluding hydrogens is 274 g/mol. The van der Waals surface area contributed by atoms with Crippen molar-refractivity contribution in [2.24, 2.45) is 0 Å². The number of aromatic nitrogens is 2. The van der Waals surface area contributed by atoms with Crippen molar-refractivity contribution in [3.05, 3.63) is 47.6 Å². The first-order chi connectivity index (χ1) is 9.36. The van der Waals surface area contributed by atoms with Crippen molar-refractivity contribution in [3.63, 3.8) is 0 Å². The number of hydrogen-bond donors (Lipinski definition) is 1. The number of fused-ring (bicyclic) bond motifs is 1. The second-order valence-corrected chi connectivity index (χ2v) is 5.92. The summed E-state index contributed by atoms with van der Waals surface area (Å²) in [6.07, 6.45) is 0. The van der Waals surface area contributed by atoms with Gasteiger partial charge in [-0.3, -0.25) is 0 Å². The molecule has 0 atom stereocenters. The second kappa shape index (κ2) is 5.59. The maximum Gasteiger partial charge on any atom is 0.142 e. The van der Waals surface area contributed by atoms with Crippen LogP contribution in [0.1, 0.15) is 5.82 Å². The number of thioether (sulfide) groups is 1. The maximum atomic E-state index is 4.61. The van der Waals surface area contributed by atoms with Crippen molar-refractivity contribution < 1.29 is 0 Å². The molecule has 0 aliphatic rings. The van der Waals surface area contributed by atoms with Crippen LogP contribution in [-0.4, -0.2) is 17.0 Å². The van der Waals surface area contributed by atoms with Gasteiger partial charge in [0.25, 0.3) is 0 Å². The summed E-state index contributed by atoms with van der Waals surface area (Å²) in [7, 11) is 1.90. The fourth-order valence-electron chi connectivity index (χ4n) is 1.82. The monoisotopic (exact) mass is 287 g/mol. The Balaban J connectivity index is 1.85. The van der Waals surface area contributed by atoms with Crippen LogP contribution in [0.4, 0.5) is 5.82 Å². The van der Waals surface area contributed by atoms with Gasteiger partial charge in [-0.2, -0.15) is 0 Å². The van der Waals surface area contributed by atoms with E-state index in [1.807, 2.05) is 30.6 Å². The molecule has 0 amide bonds. The molecule has 0 saturated carbocycles. The molecule has 0 unspecified atom stereocenters. The predicted octanol–water partition coefficient (Wildman–Crippen LogP) is 4.03. The number of nitrogens with zero attached hydrogens (tertiary/aromatic N) is 2. The molecular formula is C14H13N3S2. The first-order valence-corrected chi connectivity index (χ1v) is 7.83. The second-order valence-electron chi connectivity index (χ2n) is 3.98. The predicted molar refractivity (Wildman–Crippen MR) is 83.0 cm³/mol. The van der Waals surface area contributed by atoms with E-state index in [1.165, 1.54) is 4.90 Å². The Hall–Kier alpha value is -1.59. The fraction of sp³-hybridized carbons (Fsp3) is 0.143. The summed E-state index contributed by atoms with van der Waals surface area (Å²) < 4.78 is 0. The van der Waals surface area contributed by atoms with Gasteiger partial charge in [-0.1, -0.05) is 18.2 Å². The molecule has 0 radical (unpaired) electrons. The van der Waals surface area contributed by atoms with Crippen LogP contribution >= 0.6 is 23.1 Å². The molecule has 0 bridgehead atoms. The van der Waals surface area contributed by atoms with E-state index in [1.54, 1.807) is 23.1 Å². The molecule has 96 valence electrons. The Morgan fingerprint density at radius 1 is 1.16 bits per heavy atom. The molecule has 2 heterocycles. The molecule has 0 fully saturated rings. The molecule has 3 nitrogen and oxygen atoms in total. The van der Waals surface area contributed by atoms with Crippen molar-refractivity contribution in [1.82, 2.24) is 9.97 Å². The minimum absolute atomic E-state index is 0.784. The number of nitrogens with one attached hydrogen (secondary N) is 1. The van der Waals surface area contributed by atoms with Gasteiger partial charge < -0.3 is 5.32 Å². The molecule has 1 aromatic carbocycles. The first-order valence-electron chi connectivity index (χ1n) is 5.96. The van der Waals surface area contributed by atoms with Gasteiger partial charge in [0.2, 0.25) is 0 Å². The lowest BCUT2D eigenvalue weighted by molar-refractivity contribution is 1.07. The quantitative estimate of drug-likeness (QED) is 0.735. The summed E-state index contributed by atoms with van der Waals surface area (Å²) in [6.45, 7) is 0. The van der Waals surface area contributed by atoms with E-state index in [2.05, 4.69) is 33.5 Å². The van der Waals surface area contributed by atoms with Crippen molar-refractivity contribution >= 4 is 39.1 Å². The highest BCUT2D eigenvalue weighted by Gasteiger charge is 2.07. The number of hydrogen-bond acceptors (Lipinski definition) is 5. The van der Waals surface area contributed by atoms with E-state index in [9.17, 15) is 0 Å². The van der Waals surface area contributed by atoms with Crippen molar-refractivity contribution in [3.8, 4) is 0 Å². The van der Waals surface area contributed by atoms with Crippen molar-refractivity contribution in [2.45, 2.75) is 10.6 Å². The minimum atomic E-state index is 0.784. The van der Waals surface area contributed by atoms with Crippen LogP contribution in [0.15, 0.2) is 46.7 Å². The van der Waals surface area contributed by atoms with Crippen LogP contribution < -0.4 is 5.32 Å². The van der Waals surface area contributed by atoms with E-state index < -0.39 is 0 Å². The molecule has 5 heteroatoms. The van der Waals surface area contributed by atoms with Gasteiger partial charge in [0, 0.05) is 11.9 Å². The Morgan fingerprint density at radius 3 is 2.79 bits per heavy atom. The van der Waals surface area contributed by atoms with Gasteiger partial charge in [-0.05, 0) is 23.6 Å². The van der Waals surface area contributed by atoms with Gasteiger partial charge in [0.1, 0.15) is 16.5 Å². The van der Waals surface area contributed by atoms with Crippen molar-refractivity contribution in [2.75, 3.05) is 12.4 Å². The van der Waals surface area contributed by atoms with Crippen molar-refractivity contribution in [1.29, 1.82) is 0 Å². The van der Waals surface area contributed by atoms with Crippen LogP contribution in [0.2, 0.25) is 0 Å². The lowest BCUT2D eigenvalue weighted by atomic mass is 10.4. The highest BCUT2D eigenvalue weighted by molar-refractivity contribution is 7.98. The maximum absolute atomic E-state index is 4.61. The van der Waals surface area contributed by atoms with Gasteiger partial charge >= 0.3 is 0 Å². The van der Waals surface area contributed by atoms with Crippen LogP contribution in [-0.2, 0) is 5.75 Å². The molecule has 3 aromatic rings. The molecule has 0 aliphatic heterocycles. The molecule has 0 saturated heterocycles. The van der Waals surface area contributed by atoms with Gasteiger partial charge in [-0.25, -0.2) is 9.97 Å². The average molecular weight is 287 g/mol. The van der Waals surface area contributed by atoms with E-state index in [4.69, 9.17) is 0 Å². The Morgan fingerprint density at radius 2 is 2.00 bits per heavy atom. The normalized spacial score (nSPS) is 10.8. The summed E-state index contributed by atoms with van der Waals surface area (Å²) in [6, 6.07) is 12.4. The average Bonchev–Trinajstić information content (AvgIpc) is 2.93. The third kappa shape index (κ3) is 2.72. The number of thiophene rings is 1. The summed E-state index contributed by atoms with van der Waals surface area (Å²) in [5.41, 5.74) is 0. The van der Waals surface area contributed by atoms with Gasteiger partial charge in [-0.15, -0.1) is 23.1 Å². The SMILES string of the molecule is CNc1nc(CSc2ccccc2)nc2sccc12. The zero-order chi connectivity index (χ0) is 13.1. The molecule has 2 aromatic heterocycles. The zero-order valence-corrected chi connectivity index (χ0v) is 12.1.